The van der Waals surface area contributed by atoms with Gasteiger partial charge in [-0.3, -0.25) is 9.79 Å². The second-order valence-electron chi connectivity index (χ2n) is 6.00. The topological polar surface area (TPSA) is 177 Å². The van der Waals surface area contributed by atoms with E-state index in [2.05, 4.69) is 15.0 Å². The molecule has 2 atom stereocenters. The van der Waals surface area contributed by atoms with Crippen LogP contribution in [0.3, 0.4) is 0 Å². The first-order chi connectivity index (χ1) is 12.5. The van der Waals surface area contributed by atoms with Crippen molar-refractivity contribution in [3.63, 3.8) is 0 Å². The van der Waals surface area contributed by atoms with Crippen LogP contribution in [0.1, 0.15) is 25.3 Å². The minimum Gasteiger partial charge on any atom is -0.480 e. The molecule has 0 bridgehead atoms. The van der Waals surface area contributed by atoms with Crippen molar-refractivity contribution in [1.29, 1.82) is 0 Å². The van der Waals surface area contributed by atoms with E-state index in [4.69, 9.17) is 11.5 Å². The summed E-state index contributed by atoms with van der Waals surface area (Å²) in [6, 6.07) is 3.78. The highest BCUT2D eigenvalue weighted by Gasteiger charge is 2.26. The quantitative estimate of drug-likeness (QED) is 0.196. The number of rotatable bonds is 10. The van der Waals surface area contributed by atoms with E-state index in [-0.39, 0.29) is 23.8 Å². The van der Waals surface area contributed by atoms with Crippen LogP contribution in [0, 0.1) is 6.92 Å². The number of hydrogen-bond acceptors (Lipinski definition) is 5. The smallest absolute Gasteiger partial charge is 0.326 e. The van der Waals surface area contributed by atoms with Crippen molar-refractivity contribution in [2.24, 2.45) is 16.5 Å². The lowest BCUT2D eigenvalue weighted by Gasteiger charge is -2.18. The van der Waals surface area contributed by atoms with E-state index >= 15 is 0 Å². The molecule has 0 fully saturated rings. The Morgan fingerprint density at radius 1 is 1.22 bits per heavy atom. The van der Waals surface area contributed by atoms with Crippen LogP contribution >= 0.6 is 0 Å². The molecule has 11 heteroatoms. The average molecular weight is 399 g/mol. The Bertz CT molecular complexity index is 788. The molecule has 1 rings (SSSR count). The van der Waals surface area contributed by atoms with E-state index in [1.165, 1.54) is 19.1 Å². The molecule has 0 aliphatic heterocycles. The lowest BCUT2D eigenvalue weighted by molar-refractivity contribution is -0.142. The number of nitrogens with one attached hydrogen (secondary N) is 2. The summed E-state index contributed by atoms with van der Waals surface area (Å²) in [4.78, 5) is 27.2. The first-order valence-corrected chi connectivity index (χ1v) is 9.69. The number of benzene rings is 1. The zero-order valence-corrected chi connectivity index (χ0v) is 16.0. The van der Waals surface area contributed by atoms with Crippen molar-refractivity contribution in [3.05, 3.63) is 29.8 Å². The molecule has 0 radical (unpaired) electrons. The van der Waals surface area contributed by atoms with Gasteiger partial charge < -0.3 is 21.9 Å². The maximum Gasteiger partial charge on any atom is 0.326 e. The number of carboxylic acids is 1. The summed E-state index contributed by atoms with van der Waals surface area (Å²) in [5, 5.41) is 11.5. The Hall–Kier alpha value is -2.66. The van der Waals surface area contributed by atoms with Crippen molar-refractivity contribution in [2.45, 2.75) is 43.7 Å². The Balaban J connectivity index is 2.68. The molecular formula is C16H25N5O5S. The van der Waals surface area contributed by atoms with E-state index < -0.39 is 34.0 Å². The summed E-state index contributed by atoms with van der Waals surface area (Å²) in [5.74, 6) is -2.09. The minimum atomic E-state index is -3.91. The number of nitrogens with two attached hydrogens (primary N) is 2. The van der Waals surface area contributed by atoms with Crippen LogP contribution in [0.25, 0.3) is 0 Å². The predicted octanol–water partition coefficient (Wildman–Crippen LogP) is -0.715. The van der Waals surface area contributed by atoms with Crippen LogP contribution in [0.4, 0.5) is 0 Å². The number of amides is 1. The Labute approximate surface area is 158 Å². The molecule has 27 heavy (non-hydrogen) atoms. The molecule has 1 amide bonds. The predicted molar refractivity (Wildman–Crippen MR) is 100 cm³/mol. The van der Waals surface area contributed by atoms with Crippen molar-refractivity contribution >= 4 is 27.9 Å². The molecular weight excluding hydrogens is 374 g/mol. The number of carbonyl (C=O) groups is 2. The fraction of sp³-hybridized carbons (Fsp3) is 0.438. The van der Waals surface area contributed by atoms with Gasteiger partial charge in [0.2, 0.25) is 15.9 Å². The number of carboxylic acid groups (broad SMARTS) is 1. The fourth-order valence-corrected chi connectivity index (χ4v) is 3.33. The van der Waals surface area contributed by atoms with Crippen LogP contribution in [-0.2, 0) is 19.6 Å². The van der Waals surface area contributed by atoms with Crippen LogP contribution in [0.2, 0.25) is 0 Å². The molecule has 0 aromatic heterocycles. The van der Waals surface area contributed by atoms with Crippen molar-refractivity contribution in [3.8, 4) is 0 Å². The van der Waals surface area contributed by atoms with Crippen molar-refractivity contribution < 1.29 is 23.1 Å². The molecule has 7 N–H and O–H groups in total. The van der Waals surface area contributed by atoms with Gasteiger partial charge in [-0.2, -0.15) is 4.72 Å². The maximum absolute atomic E-state index is 12.3. The molecule has 1 aromatic rings. The van der Waals surface area contributed by atoms with E-state index in [0.717, 1.165) is 5.56 Å². The fourth-order valence-electron chi connectivity index (χ4n) is 2.13. The Kier molecular flexibility index (Phi) is 8.19. The zero-order chi connectivity index (χ0) is 20.6. The van der Waals surface area contributed by atoms with Gasteiger partial charge in [0.1, 0.15) is 6.04 Å². The third-order valence-electron chi connectivity index (χ3n) is 3.62. The lowest BCUT2D eigenvalue weighted by atomic mass is 10.1. The number of hydrogen-bond donors (Lipinski definition) is 5. The highest BCUT2D eigenvalue weighted by Crippen LogP contribution is 2.10. The first kappa shape index (κ1) is 22.4. The van der Waals surface area contributed by atoms with E-state index in [9.17, 15) is 23.1 Å². The molecule has 0 aliphatic rings. The highest BCUT2D eigenvalue weighted by molar-refractivity contribution is 7.89. The van der Waals surface area contributed by atoms with Gasteiger partial charge in [0.15, 0.2) is 5.96 Å². The summed E-state index contributed by atoms with van der Waals surface area (Å²) in [6.07, 6.45) is 0.425. The molecule has 150 valence electrons. The number of aliphatic imine (C=N–C) groups is 1. The van der Waals surface area contributed by atoms with Gasteiger partial charge in [0, 0.05) is 6.54 Å². The van der Waals surface area contributed by atoms with Crippen LogP contribution in [-0.4, -0.2) is 50.0 Å². The first-order valence-electron chi connectivity index (χ1n) is 8.20. The Morgan fingerprint density at radius 2 is 1.81 bits per heavy atom. The number of sulfonamides is 1. The number of guanidine groups is 1. The molecule has 0 aliphatic carbocycles. The van der Waals surface area contributed by atoms with Gasteiger partial charge in [-0.15, -0.1) is 0 Å². The summed E-state index contributed by atoms with van der Waals surface area (Å²) >= 11 is 0. The standard InChI is InChI=1S/C16H25N5O5S/c1-10-5-7-12(8-6-10)27(25,26)21-11(2)14(22)20-13(15(23)24)4-3-9-19-16(17)18/h5-8,11,13,21H,3-4,9H2,1-2H3,(H,20,22)(H,23,24)(H4,17,18,19)/t11?,13-/m0/s1. The van der Waals surface area contributed by atoms with Crippen molar-refractivity contribution in [2.75, 3.05) is 6.54 Å². The highest BCUT2D eigenvalue weighted by atomic mass is 32.2. The van der Waals surface area contributed by atoms with Crippen LogP contribution < -0.4 is 21.5 Å². The third kappa shape index (κ3) is 7.62. The van der Waals surface area contributed by atoms with Crippen LogP contribution in [0.15, 0.2) is 34.2 Å². The number of aliphatic carboxylic acids is 1. The summed E-state index contributed by atoms with van der Waals surface area (Å²) < 4.78 is 26.8. The van der Waals surface area contributed by atoms with E-state index in [1.807, 2.05) is 6.92 Å². The molecule has 10 nitrogen and oxygen atoms in total. The normalized spacial score (nSPS) is 13.4. The van der Waals surface area contributed by atoms with Crippen molar-refractivity contribution in [1.82, 2.24) is 10.0 Å². The summed E-state index contributed by atoms with van der Waals surface area (Å²) in [7, 11) is -3.91. The van der Waals surface area contributed by atoms with Gasteiger partial charge in [0.05, 0.1) is 10.9 Å². The number of nitrogens with zero attached hydrogens (tertiary/aromatic N) is 1. The molecule has 0 saturated heterocycles. The molecule has 0 heterocycles. The van der Waals surface area contributed by atoms with Gasteiger partial charge in [0.25, 0.3) is 0 Å². The third-order valence-corrected chi connectivity index (χ3v) is 5.17. The maximum atomic E-state index is 12.3. The second-order valence-corrected chi connectivity index (χ2v) is 7.72. The lowest BCUT2D eigenvalue weighted by Crippen LogP contribution is -2.50. The van der Waals surface area contributed by atoms with Gasteiger partial charge >= 0.3 is 5.97 Å². The number of carbonyl (C=O) groups excluding carboxylic acids is 1. The van der Waals surface area contributed by atoms with Gasteiger partial charge in [-0.25, -0.2) is 13.2 Å². The summed E-state index contributed by atoms with van der Waals surface area (Å²) in [6.45, 7) is 3.37. The minimum absolute atomic E-state index is 0.0137. The van der Waals surface area contributed by atoms with Crippen LogP contribution in [0.5, 0.6) is 0 Å². The molecule has 1 unspecified atom stereocenters. The molecule has 1 aromatic carbocycles. The monoisotopic (exact) mass is 399 g/mol. The largest absolute Gasteiger partial charge is 0.480 e. The zero-order valence-electron chi connectivity index (χ0n) is 15.2. The van der Waals surface area contributed by atoms with E-state index in [1.54, 1.807) is 12.1 Å². The average Bonchev–Trinajstić information content (AvgIpc) is 2.56. The SMILES string of the molecule is Cc1ccc(S(=O)(=O)NC(C)C(=O)N[C@@H](CCCN=C(N)N)C(=O)O)cc1. The molecule has 0 spiro atoms. The van der Waals surface area contributed by atoms with Gasteiger partial charge in [-0.05, 0) is 38.8 Å². The number of aryl methyl sites for hydroxylation is 1. The molecule has 0 saturated carbocycles. The van der Waals surface area contributed by atoms with Gasteiger partial charge in [-0.1, -0.05) is 17.7 Å². The second kappa shape index (κ2) is 9.88. The summed E-state index contributed by atoms with van der Waals surface area (Å²) in [5.41, 5.74) is 11.3. The Morgan fingerprint density at radius 3 is 2.33 bits per heavy atom. The van der Waals surface area contributed by atoms with E-state index in [0.29, 0.717) is 6.42 Å².